The molecule has 7 heteroatoms. The zero-order chi connectivity index (χ0) is 20.3. The Morgan fingerprint density at radius 1 is 1.00 bits per heavy atom. The van der Waals surface area contributed by atoms with Gasteiger partial charge in [0.1, 0.15) is 11.4 Å². The Kier molecular flexibility index (Phi) is 5.30. The molecule has 0 aliphatic carbocycles. The van der Waals surface area contributed by atoms with Gasteiger partial charge >= 0.3 is 5.97 Å². The number of phenols is 1. The highest BCUT2D eigenvalue weighted by Gasteiger charge is 2.11. The molecule has 1 amide bonds. The number of rotatable bonds is 3. The largest absolute Gasteiger partial charge is 0.508 e. The molecule has 0 aliphatic heterocycles. The van der Waals surface area contributed by atoms with Gasteiger partial charge < -0.3 is 15.9 Å². The van der Waals surface area contributed by atoms with E-state index in [1.54, 1.807) is 18.2 Å². The number of amides is 1. The summed E-state index contributed by atoms with van der Waals surface area (Å²) in [6.07, 6.45) is 1.43. The lowest BCUT2D eigenvalue weighted by atomic mass is 9.98. The monoisotopic (exact) mass is 392 g/mol. The molecule has 0 fully saturated rings. The summed E-state index contributed by atoms with van der Waals surface area (Å²) in [4.78, 5) is 26.5. The molecule has 0 radical (unpaired) electrons. The van der Waals surface area contributed by atoms with E-state index in [0.717, 1.165) is 0 Å². The van der Waals surface area contributed by atoms with Gasteiger partial charge in [-0.2, -0.15) is 0 Å². The van der Waals surface area contributed by atoms with Crippen LogP contribution in [0.2, 0.25) is 5.02 Å². The Balaban J connectivity index is 2.10. The van der Waals surface area contributed by atoms with Crippen molar-refractivity contribution >= 4 is 23.5 Å². The lowest BCUT2D eigenvalue weighted by Crippen LogP contribution is -2.12. The zero-order valence-corrected chi connectivity index (χ0v) is 15.1. The van der Waals surface area contributed by atoms with E-state index in [1.807, 2.05) is 0 Å². The highest BCUT2D eigenvalue weighted by molar-refractivity contribution is 6.31. The molecule has 1 aromatic heterocycles. The number of benzene rings is 2. The van der Waals surface area contributed by atoms with E-state index >= 15 is 0 Å². The molecule has 0 unspecified atom stereocenters. The Labute approximate surface area is 165 Å². The number of hydrogen-bond donors (Lipinski definition) is 3. The number of hydrogen-bond acceptors (Lipinski definition) is 4. The number of aromatic carboxylic acids is 1. The number of phenolic OH excluding ortho intramolecular Hbond substituents is 1. The van der Waals surface area contributed by atoms with E-state index in [4.69, 9.17) is 17.3 Å². The maximum absolute atomic E-state index is 11.3. The number of pyridine rings is 1. The molecule has 0 bridgehead atoms. The van der Waals surface area contributed by atoms with Crippen molar-refractivity contribution in [2.75, 3.05) is 0 Å². The van der Waals surface area contributed by atoms with Crippen molar-refractivity contribution in [3.63, 3.8) is 0 Å². The van der Waals surface area contributed by atoms with Crippen LogP contribution in [0, 0.1) is 11.8 Å². The minimum atomic E-state index is -1.08. The number of carbonyl (C=O) groups excluding carboxylic acids is 1. The molecule has 3 aromatic rings. The first kappa shape index (κ1) is 19.0. The normalized spacial score (nSPS) is 10.0. The van der Waals surface area contributed by atoms with Crippen LogP contribution in [0.5, 0.6) is 5.75 Å². The quantitative estimate of drug-likeness (QED) is 0.592. The van der Waals surface area contributed by atoms with Gasteiger partial charge in [0.25, 0.3) is 5.91 Å². The molecular weight excluding hydrogens is 380 g/mol. The molecule has 28 heavy (non-hydrogen) atoms. The number of carbonyl (C=O) groups is 2. The molecule has 0 saturated heterocycles. The van der Waals surface area contributed by atoms with E-state index in [-0.39, 0.29) is 17.0 Å². The maximum atomic E-state index is 11.3. The van der Waals surface area contributed by atoms with Crippen LogP contribution < -0.4 is 5.73 Å². The van der Waals surface area contributed by atoms with Crippen LogP contribution >= 0.6 is 11.6 Å². The van der Waals surface area contributed by atoms with Gasteiger partial charge in [0.15, 0.2) is 0 Å². The molecule has 6 nitrogen and oxygen atoms in total. The van der Waals surface area contributed by atoms with Crippen molar-refractivity contribution in [3.05, 3.63) is 82.1 Å². The first-order valence-electron chi connectivity index (χ1n) is 7.99. The molecule has 4 N–H and O–H groups in total. The number of aromatic hydroxyl groups is 1. The number of nitrogens with two attached hydrogens (primary N) is 1. The fourth-order valence-electron chi connectivity index (χ4n) is 2.46. The second kappa shape index (κ2) is 7.82. The topological polar surface area (TPSA) is 114 Å². The van der Waals surface area contributed by atoms with Crippen molar-refractivity contribution in [1.29, 1.82) is 0 Å². The van der Waals surface area contributed by atoms with Crippen LogP contribution in [-0.2, 0) is 0 Å². The predicted octanol–water partition coefficient (Wildman–Crippen LogP) is 3.30. The van der Waals surface area contributed by atoms with Crippen LogP contribution in [0.1, 0.15) is 32.0 Å². The molecular formula is C21H13ClN2O4. The summed E-state index contributed by atoms with van der Waals surface area (Å²) < 4.78 is 0. The summed E-state index contributed by atoms with van der Waals surface area (Å²) in [5.74, 6) is 4.16. The number of primary amides is 1. The lowest BCUT2D eigenvalue weighted by molar-refractivity contribution is 0.0696. The summed E-state index contributed by atoms with van der Waals surface area (Å²) in [5, 5.41) is 19.0. The van der Waals surface area contributed by atoms with E-state index in [1.165, 1.54) is 36.5 Å². The smallest absolute Gasteiger partial charge is 0.335 e. The number of aromatic nitrogens is 1. The van der Waals surface area contributed by atoms with Gasteiger partial charge in [-0.3, -0.25) is 9.78 Å². The third-order valence-corrected chi connectivity index (χ3v) is 4.19. The lowest BCUT2D eigenvalue weighted by Gasteiger charge is -2.07. The predicted molar refractivity (Wildman–Crippen MR) is 104 cm³/mol. The van der Waals surface area contributed by atoms with E-state index in [9.17, 15) is 19.8 Å². The van der Waals surface area contributed by atoms with Crippen LogP contribution in [0.15, 0.2) is 54.7 Å². The number of carboxylic acids is 1. The van der Waals surface area contributed by atoms with Crippen LogP contribution in [0.25, 0.3) is 11.1 Å². The molecule has 3 rings (SSSR count). The minimum Gasteiger partial charge on any atom is -0.508 e. The third-order valence-electron chi connectivity index (χ3n) is 3.88. The fraction of sp³-hybridized carbons (Fsp3) is 0. The molecule has 0 atom stereocenters. The molecule has 2 aromatic carbocycles. The van der Waals surface area contributed by atoms with Crippen LogP contribution in [0.3, 0.4) is 0 Å². The zero-order valence-electron chi connectivity index (χ0n) is 14.3. The first-order valence-corrected chi connectivity index (χ1v) is 8.37. The minimum absolute atomic E-state index is 0.0302. The highest BCUT2D eigenvalue weighted by Crippen LogP contribution is 2.25. The Morgan fingerprint density at radius 3 is 2.32 bits per heavy atom. The summed E-state index contributed by atoms with van der Waals surface area (Å²) in [5.41, 5.74) is 7.55. The average molecular weight is 393 g/mol. The standard InChI is InChI=1S/C21H13ClN2O4/c22-18-10-16(25)7-5-13(18)3-1-12-2-4-14(21(27)28)9-17(12)15-6-8-19(20(23)26)24-11-15/h2,4-11,25H,(H2,23,26)(H,27,28). The Hall–Kier alpha value is -3.82. The molecule has 138 valence electrons. The van der Waals surface area contributed by atoms with Gasteiger partial charge in [-0.05, 0) is 48.0 Å². The van der Waals surface area contributed by atoms with Crippen molar-refractivity contribution in [2.45, 2.75) is 0 Å². The van der Waals surface area contributed by atoms with E-state index in [2.05, 4.69) is 16.8 Å². The third kappa shape index (κ3) is 4.11. The van der Waals surface area contributed by atoms with Gasteiger partial charge in [0.05, 0.1) is 10.6 Å². The Bertz CT molecular complexity index is 1150. The van der Waals surface area contributed by atoms with Crippen LogP contribution in [0.4, 0.5) is 0 Å². The van der Waals surface area contributed by atoms with E-state index in [0.29, 0.717) is 27.3 Å². The van der Waals surface area contributed by atoms with Crippen molar-refractivity contribution in [3.8, 4) is 28.7 Å². The van der Waals surface area contributed by atoms with E-state index < -0.39 is 11.9 Å². The number of halogens is 1. The van der Waals surface area contributed by atoms with Crippen molar-refractivity contribution in [1.82, 2.24) is 4.98 Å². The molecule has 0 saturated carbocycles. The number of nitrogens with zero attached hydrogens (tertiary/aromatic N) is 1. The van der Waals surface area contributed by atoms with Gasteiger partial charge in [-0.1, -0.05) is 29.5 Å². The summed E-state index contributed by atoms with van der Waals surface area (Å²) in [6, 6.07) is 12.0. The number of carboxylic acid groups (broad SMARTS) is 1. The highest BCUT2D eigenvalue weighted by atomic mass is 35.5. The Morgan fingerprint density at radius 2 is 1.71 bits per heavy atom. The molecule has 1 heterocycles. The average Bonchev–Trinajstić information content (AvgIpc) is 2.67. The first-order chi connectivity index (χ1) is 13.3. The molecule has 0 spiro atoms. The van der Waals surface area contributed by atoms with Gasteiger partial charge in [-0.15, -0.1) is 0 Å². The molecule has 0 aliphatic rings. The summed E-state index contributed by atoms with van der Waals surface area (Å²) >= 11 is 6.07. The maximum Gasteiger partial charge on any atom is 0.335 e. The van der Waals surface area contributed by atoms with Gasteiger partial charge in [-0.25, -0.2) is 4.79 Å². The van der Waals surface area contributed by atoms with Gasteiger partial charge in [0.2, 0.25) is 0 Å². The summed E-state index contributed by atoms with van der Waals surface area (Å²) in [6.45, 7) is 0. The second-order valence-corrected chi connectivity index (χ2v) is 6.18. The van der Waals surface area contributed by atoms with Gasteiger partial charge in [0, 0.05) is 22.9 Å². The summed E-state index contributed by atoms with van der Waals surface area (Å²) in [7, 11) is 0. The SMILES string of the molecule is NC(=O)c1ccc(-c2cc(C(=O)O)ccc2C#Cc2ccc(O)cc2Cl)cn1. The van der Waals surface area contributed by atoms with Crippen molar-refractivity contribution < 1.29 is 19.8 Å². The second-order valence-electron chi connectivity index (χ2n) is 5.78. The van der Waals surface area contributed by atoms with Crippen molar-refractivity contribution in [2.24, 2.45) is 5.73 Å². The van der Waals surface area contributed by atoms with Crippen LogP contribution in [-0.4, -0.2) is 27.1 Å². The fourth-order valence-corrected chi connectivity index (χ4v) is 2.69.